The number of hydrogen-bond acceptors (Lipinski definition) is 0. The summed E-state index contributed by atoms with van der Waals surface area (Å²) in [6.45, 7) is 5.03. The van der Waals surface area contributed by atoms with Gasteiger partial charge >= 0.3 is 0 Å². The highest BCUT2D eigenvalue weighted by atomic mass is 28.3. The summed E-state index contributed by atoms with van der Waals surface area (Å²) < 4.78 is 0. The first-order valence-corrected chi connectivity index (χ1v) is 19.5. The zero-order valence-electron chi connectivity index (χ0n) is 26.7. The first-order chi connectivity index (χ1) is 23.1. The summed E-state index contributed by atoms with van der Waals surface area (Å²) in [5.74, 6) is 0. The molecular formula is C46H34Si. The second-order valence-electron chi connectivity index (χ2n) is 13.3. The van der Waals surface area contributed by atoms with Crippen molar-refractivity contribution in [1.82, 2.24) is 0 Å². The number of fused-ring (bicyclic) bond motifs is 5. The van der Waals surface area contributed by atoms with Gasteiger partial charge in [-0.05, 0) is 99.7 Å². The molecule has 0 aliphatic carbocycles. The molecule has 8 aromatic rings. The average Bonchev–Trinajstić information content (AvgIpc) is 3.36. The van der Waals surface area contributed by atoms with E-state index in [9.17, 15) is 0 Å². The van der Waals surface area contributed by atoms with Gasteiger partial charge in [0, 0.05) is 0 Å². The highest BCUT2D eigenvalue weighted by Crippen LogP contribution is 2.47. The maximum Gasteiger partial charge on any atom is 0.113 e. The molecule has 0 aromatic heterocycles. The summed E-state index contributed by atoms with van der Waals surface area (Å²) in [6, 6.07) is 63.0. The van der Waals surface area contributed by atoms with Crippen LogP contribution in [0, 0.1) is 0 Å². The minimum Gasteiger partial charge on any atom is -0.0623 e. The van der Waals surface area contributed by atoms with Gasteiger partial charge in [-0.1, -0.05) is 171 Å². The SMILES string of the molecule is C[Si]1(C)c2ccccc2-c2cc3c(-c4ccc(-c5ccccc5)c(-c5ccccc5)c4)c4ccccc4c(-c4ccccc4)c3cc21. The van der Waals surface area contributed by atoms with Crippen LogP contribution in [0.3, 0.4) is 0 Å². The van der Waals surface area contributed by atoms with E-state index >= 15 is 0 Å². The van der Waals surface area contributed by atoms with E-state index < -0.39 is 8.07 Å². The van der Waals surface area contributed by atoms with Crippen molar-refractivity contribution >= 4 is 40.0 Å². The van der Waals surface area contributed by atoms with Crippen LogP contribution in [0.5, 0.6) is 0 Å². The molecule has 47 heavy (non-hydrogen) atoms. The second kappa shape index (κ2) is 10.8. The fraction of sp³-hybridized carbons (Fsp3) is 0.0435. The predicted octanol–water partition coefficient (Wildman–Crippen LogP) is 11.5. The molecule has 0 amide bonds. The minimum absolute atomic E-state index is 1.23. The van der Waals surface area contributed by atoms with Crippen LogP contribution in [0.1, 0.15) is 0 Å². The fourth-order valence-corrected chi connectivity index (χ4v) is 11.1. The number of hydrogen-bond donors (Lipinski definition) is 0. The molecule has 0 atom stereocenters. The standard InChI is InChI=1S/C46H34Si/c1-47(2)43-25-15-14-22-36(43)40-29-41-42(30-44(40)47)45(33-20-10-5-11-21-33)37-23-12-13-24-38(37)46(41)34-26-27-35(31-16-6-3-7-17-31)39(28-34)32-18-8-4-9-19-32/h3-30H,1-2H3. The molecule has 0 fully saturated rings. The summed E-state index contributed by atoms with van der Waals surface area (Å²) in [5, 5.41) is 8.31. The molecule has 1 aliphatic heterocycles. The summed E-state index contributed by atoms with van der Waals surface area (Å²) in [5.41, 5.74) is 12.9. The quantitative estimate of drug-likeness (QED) is 0.137. The Labute approximate surface area is 277 Å². The van der Waals surface area contributed by atoms with Crippen LogP contribution in [-0.4, -0.2) is 8.07 Å². The Morgan fingerprint density at radius 2 is 0.809 bits per heavy atom. The van der Waals surface area contributed by atoms with Gasteiger partial charge in [0.05, 0.1) is 0 Å². The molecule has 0 spiro atoms. The average molecular weight is 615 g/mol. The molecule has 8 aromatic carbocycles. The summed E-state index contributed by atoms with van der Waals surface area (Å²) >= 11 is 0. The molecule has 0 saturated carbocycles. The van der Waals surface area contributed by atoms with Crippen LogP contribution < -0.4 is 10.4 Å². The van der Waals surface area contributed by atoms with E-state index in [1.165, 1.54) is 87.6 Å². The van der Waals surface area contributed by atoms with Gasteiger partial charge in [-0.25, -0.2) is 0 Å². The zero-order valence-corrected chi connectivity index (χ0v) is 27.7. The Morgan fingerprint density at radius 3 is 1.47 bits per heavy atom. The van der Waals surface area contributed by atoms with E-state index in [0.29, 0.717) is 0 Å². The number of benzene rings is 8. The van der Waals surface area contributed by atoms with Gasteiger partial charge in [0.1, 0.15) is 8.07 Å². The topological polar surface area (TPSA) is 0 Å². The largest absolute Gasteiger partial charge is 0.113 e. The lowest BCUT2D eigenvalue weighted by atomic mass is 9.83. The molecule has 0 saturated heterocycles. The van der Waals surface area contributed by atoms with Crippen molar-refractivity contribution in [2.45, 2.75) is 13.1 Å². The number of rotatable bonds is 4. The third-order valence-corrected chi connectivity index (χ3v) is 13.8. The molecule has 1 aliphatic rings. The Kier molecular flexibility index (Phi) is 6.38. The van der Waals surface area contributed by atoms with E-state index in [1.807, 2.05) is 0 Å². The zero-order chi connectivity index (χ0) is 31.5. The third kappa shape index (κ3) is 4.35. The van der Waals surface area contributed by atoms with E-state index in [-0.39, 0.29) is 0 Å². The lowest BCUT2D eigenvalue weighted by molar-refractivity contribution is 1.58. The lowest BCUT2D eigenvalue weighted by Crippen LogP contribution is -2.49. The predicted molar refractivity (Wildman–Crippen MR) is 205 cm³/mol. The smallest absolute Gasteiger partial charge is 0.0623 e. The van der Waals surface area contributed by atoms with Crippen molar-refractivity contribution < 1.29 is 0 Å². The van der Waals surface area contributed by atoms with Crippen LogP contribution >= 0.6 is 0 Å². The summed E-state index contributed by atoms with van der Waals surface area (Å²) in [6.07, 6.45) is 0. The molecule has 0 nitrogen and oxygen atoms in total. The van der Waals surface area contributed by atoms with Crippen LogP contribution in [0.4, 0.5) is 0 Å². The van der Waals surface area contributed by atoms with Gasteiger partial charge < -0.3 is 0 Å². The molecule has 9 rings (SSSR count). The van der Waals surface area contributed by atoms with Crippen LogP contribution in [-0.2, 0) is 0 Å². The van der Waals surface area contributed by atoms with Crippen molar-refractivity contribution in [3.63, 3.8) is 0 Å². The normalized spacial score (nSPS) is 13.1. The van der Waals surface area contributed by atoms with Gasteiger partial charge in [0.15, 0.2) is 0 Å². The van der Waals surface area contributed by atoms with E-state index in [2.05, 4.69) is 183 Å². The molecule has 1 heteroatoms. The highest BCUT2D eigenvalue weighted by Gasteiger charge is 2.38. The molecule has 1 heterocycles. The maximum atomic E-state index is 2.58. The summed E-state index contributed by atoms with van der Waals surface area (Å²) in [7, 11) is -1.88. The highest BCUT2D eigenvalue weighted by molar-refractivity contribution is 7.04. The van der Waals surface area contributed by atoms with E-state index in [0.717, 1.165) is 0 Å². The lowest BCUT2D eigenvalue weighted by Gasteiger charge is -2.23. The Morgan fingerprint density at radius 1 is 0.298 bits per heavy atom. The Hall–Kier alpha value is -5.50. The molecule has 0 N–H and O–H groups in total. The van der Waals surface area contributed by atoms with Gasteiger partial charge in [0.2, 0.25) is 0 Å². The fourth-order valence-electron chi connectivity index (χ4n) is 8.02. The van der Waals surface area contributed by atoms with Crippen LogP contribution in [0.2, 0.25) is 13.1 Å². The van der Waals surface area contributed by atoms with E-state index in [4.69, 9.17) is 0 Å². The van der Waals surface area contributed by atoms with Gasteiger partial charge in [-0.3, -0.25) is 0 Å². The van der Waals surface area contributed by atoms with E-state index in [1.54, 1.807) is 0 Å². The van der Waals surface area contributed by atoms with Crippen molar-refractivity contribution in [2.75, 3.05) is 0 Å². The molecule has 0 bridgehead atoms. The van der Waals surface area contributed by atoms with Crippen LogP contribution in [0.25, 0.3) is 77.2 Å². The minimum atomic E-state index is -1.88. The molecular weight excluding hydrogens is 581 g/mol. The van der Waals surface area contributed by atoms with Crippen molar-refractivity contribution in [3.05, 3.63) is 170 Å². The molecule has 222 valence electrons. The van der Waals surface area contributed by atoms with Crippen molar-refractivity contribution in [2.24, 2.45) is 0 Å². The Bertz CT molecular complexity index is 2460. The Balaban J connectivity index is 1.43. The maximum absolute atomic E-state index is 2.58. The second-order valence-corrected chi connectivity index (χ2v) is 17.6. The van der Waals surface area contributed by atoms with Crippen molar-refractivity contribution in [1.29, 1.82) is 0 Å². The molecule has 0 radical (unpaired) electrons. The van der Waals surface area contributed by atoms with Gasteiger partial charge in [-0.2, -0.15) is 0 Å². The van der Waals surface area contributed by atoms with Gasteiger partial charge in [0.25, 0.3) is 0 Å². The molecule has 0 unspecified atom stereocenters. The van der Waals surface area contributed by atoms with Crippen LogP contribution in [0.15, 0.2) is 170 Å². The van der Waals surface area contributed by atoms with Gasteiger partial charge in [-0.15, -0.1) is 0 Å². The summed E-state index contributed by atoms with van der Waals surface area (Å²) in [4.78, 5) is 0. The first-order valence-electron chi connectivity index (χ1n) is 16.5. The van der Waals surface area contributed by atoms with Crippen molar-refractivity contribution in [3.8, 4) is 55.6 Å². The first kappa shape index (κ1) is 27.8. The third-order valence-electron chi connectivity index (χ3n) is 10.3. The monoisotopic (exact) mass is 614 g/mol.